The number of nitrogens with zero attached hydrogens (tertiary/aromatic N) is 1. The molecule has 0 fully saturated rings. The third-order valence-electron chi connectivity index (χ3n) is 2.97. The van der Waals surface area contributed by atoms with Crippen molar-refractivity contribution in [2.24, 2.45) is 5.10 Å². The van der Waals surface area contributed by atoms with Crippen molar-refractivity contribution < 1.29 is 9.59 Å². The molecule has 0 radical (unpaired) electrons. The summed E-state index contributed by atoms with van der Waals surface area (Å²) in [7, 11) is 0. The number of hydrogen-bond donors (Lipinski definition) is 2. The molecule has 1 heterocycles. The van der Waals surface area contributed by atoms with Crippen LogP contribution in [-0.2, 0) is 4.79 Å². The van der Waals surface area contributed by atoms with Crippen molar-refractivity contribution in [2.75, 3.05) is 6.54 Å². The first kappa shape index (κ1) is 15.9. The van der Waals surface area contributed by atoms with E-state index < -0.39 is 0 Å². The minimum atomic E-state index is -0.364. The molecule has 2 aromatic rings. The maximum atomic E-state index is 11.7. The molecule has 6 heteroatoms. The van der Waals surface area contributed by atoms with Crippen LogP contribution in [0.15, 0.2) is 46.9 Å². The summed E-state index contributed by atoms with van der Waals surface area (Å²) in [6.45, 7) is 3.71. The average Bonchev–Trinajstić information content (AvgIpc) is 3.05. The molecule has 114 valence electrons. The summed E-state index contributed by atoms with van der Waals surface area (Å²) in [6.07, 6.45) is 0. The number of hydrogen-bond acceptors (Lipinski definition) is 4. The molecule has 0 spiro atoms. The molecule has 0 atom stereocenters. The maximum Gasteiger partial charge on any atom is 0.261 e. The smallest absolute Gasteiger partial charge is 0.261 e. The molecule has 22 heavy (non-hydrogen) atoms. The zero-order valence-electron chi connectivity index (χ0n) is 12.4. The fraction of sp³-hybridized carbons (Fsp3) is 0.188. The number of carbonyl (C=O) groups is 2. The monoisotopic (exact) mass is 315 g/mol. The van der Waals surface area contributed by atoms with Crippen LogP contribution >= 0.6 is 11.3 Å². The third-order valence-corrected chi connectivity index (χ3v) is 3.84. The first-order chi connectivity index (χ1) is 10.6. The topological polar surface area (TPSA) is 70.6 Å². The van der Waals surface area contributed by atoms with E-state index in [4.69, 9.17) is 0 Å². The minimum absolute atomic E-state index is 0.110. The number of nitrogens with one attached hydrogen (secondary N) is 2. The Morgan fingerprint density at radius 2 is 1.91 bits per heavy atom. The Bertz CT molecular complexity index is 676. The Balaban J connectivity index is 1.83. The lowest BCUT2D eigenvalue weighted by Gasteiger charge is -2.04. The summed E-state index contributed by atoms with van der Waals surface area (Å²) in [6, 6.07) is 11.3. The fourth-order valence-corrected chi connectivity index (χ4v) is 2.34. The molecule has 0 bridgehead atoms. The van der Waals surface area contributed by atoms with Crippen LogP contribution < -0.4 is 10.7 Å². The van der Waals surface area contributed by atoms with Crippen molar-refractivity contribution >= 4 is 28.9 Å². The first-order valence-corrected chi connectivity index (χ1v) is 7.66. The van der Waals surface area contributed by atoms with Gasteiger partial charge in [-0.3, -0.25) is 9.59 Å². The van der Waals surface area contributed by atoms with Gasteiger partial charge in [0, 0.05) is 0 Å². The summed E-state index contributed by atoms with van der Waals surface area (Å²) in [5, 5.41) is 8.39. The fourth-order valence-electron chi connectivity index (χ4n) is 1.70. The van der Waals surface area contributed by atoms with Crippen LogP contribution in [0.1, 0.15) is 27.7 Å². The highest BCUT2D eigenvalue weighted by Gasteiger charge is 2.08. The molecule has 1 aromatic carbocycles. The van der Waals surface area contributed by atoms with Gasteiger partial charge in [-0.25, -0.2) is 5.43 Å². The van der Waals surface area contributed by atoms with Crippen LogP contribution in [-0.4, -0.2) is 24.1 Å². The number of hydrazone groups is 1. The number of benzene rings is 1. The largest absolute Gasteiger partial charge is 0.342 e. The number of thiophene rings is 1. The van der Waals surface area contributed by atoms with E-state index in [9.17, 15) is 9.59 Å². The van der Waals surface area contributed by atoms with Gasteiger partial charge in [-0.15, -0.1) is 11.3 Å². The predicted octanol–water partition coefficient (Wildman–Crippen LogP) is 2.33. The number of aryl methyl sites for hydroxylation is 1. The molecule has 0 unspecified atom stereocenters. The zero-order chi connectivity index (χ0) is 15.9. The Hall–Kier alpha value is -2.47. The average molecular weight is 315 g/mol. The molecule has 0 aliphatic heterocycles. The molecule has 0 aliphatic rings. The second kappa shape index (κ2) is 7.51. The van der Waals surface area contributed by atoms with Gasteiger partial charge in [0.1, 0.15) is 0 Å². The Morgan fingerprint density at radius 3 is 2.55 bits per heavy atom. The van der Waals surface area contributed by atoms with Crippen molar-refractivity contribution in [3.05, 3.63) is 57.8 Å². The number of rotatable bonds is 5. The maximum absolute atomic E-state index is 11.7. The quantitative estimate of drug-likeness (QED) is 0.656. The summed E-state index contributed by atoms with van der Waals surface area (Å²) >= 11 is 1.33. The van der Waals surface area contributed by atoms with E-state index in [1.165, 1.54) is 11.3 Å². The van der Waals surface area contributed by atoms with Crippen molar-refractivity contribution in [3.63, 3.8) is 0 Å². The summed E-state index contributed by atoms with van der Waals surface area (Å²) < 4.78 is 0. The molecule has 0 aliphatic carbocycles. The molecular weight excluding hydrogens is 298 g/mol. The highest BCUT2D eigenvalue weighted by Crippen LogP contribution is 2.07. The Kier molecular flexibility index (Phi) is 5.43. The van der Waals surface area contributed by atoms with Gasteiger partial charge >= 0.3 is 0 Å². The van der Waals surface area contributed by atoms with Crippen LogP contribution in [0.3, 0.4) is 0 Å². The zero-order valence-corrected chi connectivity index (χ0v) is 13.2. The van der Waals surface area contributed by atoms with Gasteiger partial charge in [-0.1, -0.05) is 35.9 Å². The molecule has 2 amide bonds. The van der Waals surface area contributed by atoms with Crippen LogP contribution in [0.5, 0.6) is 0 Å². The Morgan fingerprint density at radius 1 is 1.18 bits per heavy atom. The van der Waals surface area contributed by atoms with E-state index in [1.807, 2.05) is 43.5 Å². The standard InChI is InChI=1S/C16H17N3O2S/c1-11-5-7-13(8-6-11)12(2)18-19-15(20)10-17-16(21)14-4-3-9-22-14/h3-9H,10H2,1-2H3,(H,17,21)(H,19,20)/b18-12+. The second-order valence-corrected chi connectivity index (χ2v) is 5.71. The number of amides is 2. The van der Waals surface area contributed by atoms with Crippen LogP contribution in [0.4, 0.5) is 0 Å². The summed E-state index contributed by atoms with van der Waals surface area (Å²) in [5.74, 6) is -0.624. The summed E-state index contributed by atoms with van der Waals surface area (Å²) in [4.78, 5) is 23.9. The van der Waals surface area contributed by atoms with Gasteiger partial charge in [0.25, 0.3) is 11.8 Å². The lowest BCUT2D eigenvalue weighted by Crippen LogP contribution is -2.34. The van der Waals surface area contributed by atoms with Gasteiger partial charge in [-0.2, -0.15) is 5.10 Å². The molecule has 0 saturated heterocycles. The van der Waals surface area contributed by atoms with Crippen molar-refractivity contribution in [1.29, 1.82) is 0 Å². The lowest BCUT2D eigenvalue weighted by molar-refractivity contribution is -0.120. The predicted molar refractivity (Wildman–Crippen MR) is 88.2 cm³/mol. The van der Waals surface area contributed by atoms with E-state index in [0.29, 0.717) is 10.6 Å². The van der Waals surface area contributed by atoms with Gasteiger partial charge in [0.2, 0.25) is 0 Å². The molecule has 2 rings (SSSR count). The van der Waals surface area contributed by atoms with Crippen LogP contribution in [0.2, 0.25) is 0 Å². The highest BCUT2D eigenvalue weighted by molar-refractivity contribution is 7.12. The number of carbonyl (C=O) groups excluding carboxylic acids is 2. The SMILES string of the molecule is C/C(=N\NC(=O)CNC(=O)c1cccs1)c1ccc(C)cc1. The Labute approximate surface area is 133 Å². The van der Waals surface area contributed by atoms with E-state index in [2.05, 4.69) is 15.8 Å². The molecular formula is C16H17N3O2S. The van der Waals surface area contributed by atoms with Crippen molar-refractivity contribution in [1.82, 2.24) is 10.7 Å². The van der Waals surface area contributed by atoms with Gasteiger partial charge < -0.3 is 5.32 Å². The molecule has 5 nitrogen and oxygen atoms in total. The van der Waals surface area contributed by atoms with Gasteiger partial charge in [-0.05, 0) is 30.9 Å². The van der Waals surface area contributed by atoms with Crippen LogP contribution in [0, 0.1) is 6.92 Å². The van der Waals surface area contributed by atoms with E-state index in [0.717, 1.165) is 11.1 Å². The highest BCUT2D eigenvalue weighted by atomic mass is 32.1. The van der Waals surface area contributed by atoms with Gasteiger partial charge in [0.05, 0.1) is 17.1 Å². The minimum Gasteiger partial charge on any atom is -0.342 e. The van der Waals surface area contributed by atoms with E-state index in [-0.39, 0.29) is 18.4 Å². The van der Waals surface area contributed by atoms with Crippen LogP contribution in [0.25, 0.3) is 0 Å². The molecule has 1 aromatic heterocycles. The first-order valence-electron chi connectivity index (χ1n) is 6.78. The van der Waals surface area contributed by atoms with Crippen molar-refractivity contribution in [2.45, 2.75) is 13.8 Å². The summed E-state index contributed by atoms with van der Waals surface area (Å²) in [5.41, 5.74) is 5.24. The van der Waals surface area contributed by atoms with E-state index >= 15 is 0 Å². The van der Waals surface area contributed by atoms with E-state index in [1.54, 1.807) is 12.1 Å². The molecule has 2 N–H and O–H groups in total. The van der Waals surface area contributed by atoms with Gasteiger partial charge in [0.15, 0.2) is 0 Å². The third kappa shape index (κ3) is 4.53. The lowest BCUT2D eigenvalue weighted by atomic mass is 10.1. The molecule has 0 saturated carbocycles. The second-order valence-electron chi connectivity index (χ2n) is 4.76. The normalized spacial score (nSPS) is 11.1. The van der Waals surface area contributed by atoms with Crippen molar-refractivity contribution in [3.8, 4) is 0 Å².